The minimum Gasteiger partial charge on any atom is -0.497 e. The SMILES string of the molecule is COc1ccc(-c2cn3nc(-c4cccc([N+](=O)[O-])c4)sc3n2)cc1. The van der Waals surface area contributed by atoms with Crippen molar-refractivity contribution in [2.45, 2.75) is 0 Å². The lowest BCUT2D eigenvalue weighted by atomic mass is 10.2. The zero-order chi connectivity index (χ0) is 17.4. The summed E-state index contributed by atoms with van der Waals surface area (Å²) in [6.45, 7) is 0. The molecule has 0 aliphatic carbocycles. The Balaban J connectivity index is 1.69. The van der Waals surface area contributed by atoms with Crippen LogP contribution in [0.25, 0.3) is 26.8 Å². The maximum atomic E-state index is 10.9. The normalized spacial score (nSPS) is 10.9. The predicted molar refractivity (Wildman–Crippen MR) is 94.9 cm³/mol. The number of rotatable bonds is 4. The maximum Gasteiger partial charge on any atom is 0.270 e. The molecule has 8 heteroatoms. The Morgan fingerprint density at radius 3 is 2.64 bits per heavy atom. The number of hydrogen-bond acceptors (Lipinski definition) is 6. The minimum absolute atomic E-state index is 0.0456. The van der Waals surface area contributed by atoms with Crippen LogP contribution in [0.2, 0.25) is 0 Å². The van der Waals surface area contributed by atoms with E-state index in [1.807, 2.05) is 30.5 Å². The molecule has 0 aliphatic heterocycles. The smallest absolute Gasteiger partial charge is 0.270 e. The van der Waals surface area contributed by atoms with Crippen molar-refractivity contribution < 1.29 is 9.66 Å². The first kappa shape index (κ1) is 15.3. The first-order valence-electron chi connectivity index (χ1n) is 7.39. The molecule has 4 aromatic rings. The van der Waals surface area contributed by atoms with Crippen LogP contribution < -0.4 is 4.74 Å². The summed E-state index contributed by atoms with van der Waals surface area (Å²) in [4.78, 5) is 15.8. The van der Waals surface area contributed by atoms with Gasteiger partial charge >= 0.3 is 0 Å². The van der Waals surface area contributed by atoms with Gasteiger partial charge in [-0.1, -0.05) is 23.5 Å². The van der Waals surface area contributed by atoms with Crippen molar-refractivity contribution in [1.29, 1.82) is 0 Å². The van der Waals surface area contributed by atoms with E-state index in [1.54, 1.807) is 23.8 Å². The van der Waals surface area contributed by atoms with Gasteiger partial charge in [0.2, 0.25) is 4.96 Å². The van der Waals surface area contributed by atoms with Crippen LogP contribution in [0.1, 0.15) is 0 Å². The molecule has 0 N–H and O–H groups in total. The number of imidazole rings is 1. The summed E-state index contributed by atoms with van der Waals surface area (Å²) in [5.41, 5.74) is 2.53. The van der Waals surface area contributed by atoms with Crippen LogP contribution in [0.15, 0.2) is 54.7 Å². The number of nitro benzene ring substituents is 1. The number of non-ortho nitro benzene ring substituents is 1. The van der Waals surface area contributed by atoms with Crippen LogP contribution in [0.3, 0.4) is 0 Å². The Hall–Kier alpha value is -3.26. The van der Waals surface area contributed by atoms with E-state index in [2.05, 4.69) is 10.1 Å². The molecule has 0 amide bonds. The van der Waals surface area contributed by atoms with Crippen LogP contribution in [0.4, 0.5) is 5.69 Å². The highest BCUT2D eigenvalue weighted by atomic mass is 32.1. The summed E-state index contributed by atoms with van der Waals surface area (Å²) >= 11 is 1.39. The summed E-state index contributed by atoms with van der Waals surface area (Å²) in [6, 6.07) is 14.1. The molecule has 124 valence electrons. The average Bonchev–Trinajstić information content (AvgIpc) is 3.21. The van der Waals surface area contributed by atoms with Crippen LogP contribution in [-0.4, -0.2) is 26.6 Å². The van der Waals surface area contributed by atoms with Crippen LogP contribution >= 0.6 is 11.3 Å². The standard InChI is InChI=1S/C17H12N4O3S/c1-24-14-7-5-11(6-8-14)15-10-20-17(18-15)25-16(19-20)12-3-2-4-13(9-12)21(22)23/h2-10H,1H3. The van der Waals surface area contributed by atoms with Gasteiger partial charge in [0.05, 0.1) is 23.9 Å². The molecule has 0 saturated carbocycles. The fourth-order valence-electron chi connectivity index (χ4n) is 2.47. The van der Waals surface area contributed by atoms with Crippen molar-refractivity contribution in [3.63, 3.8) is 0 Å². The van der Waals surface area contributed by atoms with Crippen LogP contribution in [0, 0.1) is 10.1 Å². The van der Waals surface area contributed by atoms with Gasteiger partial charge in [-0.2, -0.15) is 5.10 Å². The molecular weight excluding hydrogens is 340 g/mol. The zero-order valence-electron chi connectivity index (χ0n) is 13.1. The number of nitrogens with zero attached hydrogens (tertiary/aromatic N) is 4. The third-order valence-electron chi connectivity index (χ3n) is 3.73. The number of aromatic nitrogens is 3. The highest BCUT2D eigenvalue weighted by Gasteiger charge is 2.13. The molecule has 25 heavy (non-hydrogen) atoms. The van der Waals surface area contributed by atoms with E-state index < -0.39 is 4.92 Å². The largest absolute Gasteiger partial charge is 0.497 e. The van der Waals surface area contributed by atoms with Gasteiger partial charge in [-0.05, 0) is 24.3 Å². The Morgan fingerprint density at radius 2 is 1.96 bits per heavy atom. The number of ether oxygens (including phenoxy) is 1. The molecule has 0 radical (unpaired) electrons. The maximum absolute atomic E-state index is 10.9. The van der Waals surface area contributed by atoms with Crippen LogP contribution in [-0.2, 0) is 0 Å². The molecule has 0 atom stereocenters. The fourth-order valence-corrected chi connectivity index (χ4v) is 3.35. The first-order valence-corrected chi connectivity index (χ1v) is 8.21. The number of fused-ring (bicyclic) bond motifs is 1. The summed E-state index contributed by atoms with van der Waals surface area (Å²) in [5.74, 6) is 0.788. The Labute approximate surface area is 146 Å². The molecule has 2 heterocycles. The molecule has 0 bridgehead atoms. The number of benzene rings is 2. The molecule has 0 fully saturated rings. The third-order valence-corrected chi connectivity index (χ3v) is 4.70. The lowest BCUT2D eigenvalue weighted by Crippen LogP contribution is -1.88. The average molecular weight is 352 g/mol. The Morgan fingerprint density at radius 1 is 1.16 bits per heavy atom. The second-order valence-corrected chi connectivity index (χ2v) is 6.25. The molecule has 0 aliphatic rings. The van der Waals surface area contributed by atoms with E-state index in [4.69, 9.17) is 4.74 Å². The van der Waals surface area contributed by atoms with Gasteiger partial charge in [0, 0.05) is 23.3 Å². The molecule has 0 unspecified atom stereocenters. The summed E-state index contributed by atoms with van der Waals surface area (Å²) < 4.78 is 6.85. The van der Waals surface area contributed by atoms with E-state index in [0.717, 1.165) is 22.0 Å². The van der Waals surface area contributed by atoms with Crippen molar-refractivity contribution in [2.24, 2.45) is 0 Å². The van der Waals surface area contributed by atoms with Crippen molar-refractivity contribution in [3.8, 4) is 27.6 Å². The number of hydrogen-bond donors (Lipinski definition) is 0. The van der Waals surface area contributed by atoms with E-state index in [0.29, 0.717) is 10.6 Å². The lowest BCUT2D eigenvalue weighted by Gasteiger charge is -2.00. The van der Waals surface area contributed by atoms with E-state index in [1.165, 1.54) is 23.5 Å². The van der Waals surface area contributed by atoms with E-state index >= 15 is 0 Å². The minimum atomic E-state index is -0.413. The predicted octanol–water partition coefficient (Wildman–Crippen LogP) is 4.04. The molecule has 4 rings (SSSR count). The van der Waals surface area contributed by atoms with E-state index in [9.17, 15) is 10.1 Å². The van der Waals surface area contributed by atoms with Gasteiger partial charge in [0.25, 0.3) is 5.69 Å². The van der Waals surface area contributed by atoms with Crippen LogP contribution in [0.5, 0.6) is 5.75 Å². The Kier molecular flexibility index (Phi) is 3.66. The van der Waals surface area contributed by atoms with Gasteiger partial charge in [-0.25, -0.2) is 9.50 Å². The molecule has 0 spiro atoms. The third kappa shape index (κ3) is 2.83. The molecule has 2 aromatic carbocycles. The van der Waals surface area contributed by atoms with Crippen molar-refractivity contribution in [3.05, 3.63) is 64.8 Å². The molecular formula is C17H12N4O3S. The quantitative estimate of drug-likeness (QED) is 0.409. The van der Waals surface area contributed by atoms with Crippen molar-refractivity contribution in [1.82, 2.24) is 14.6 Å². The van der Waals surface area contributed by atoms with Crippen molar-refractivity contribution in [2.75, 3.05) is 7.11 Å². The van der Waals surface area contributed by atoms with Gasteiger partial charge in [-0.3, -0.25) is 10.1 Å². The fraction of sp³-hybridized carbons (Fsp3) is 0.0588. The number of methoxy groups -OCH3 is 1. The second-order valence-electron chi connectivity index (χ2n) is 5.30. The van der Waals surface area contributed by atoms with Gasteiger partial charge < -0.3 is 4.74 Å². The Bertz CT molecular complexity index is 1040. The first-order chi connectivity index (χ1) is 12.1. The number of nitro groups is 1. The summed E-state index contributed by atoms with van der Waals surface area (Å²) in [6.07, 6.45) is 1.84. The highest BCUT2D eigenvalue weighted by molar-refractivity contribution is 7.19. The van der Waals surface area contributed by atoms with Gasteiger partial charge in [-0.15, -0.1) is 0 Å². The van der Waals surface area contributed by atoms with E-state index in [-0.39, 0.29) is 5.69 Å². The lowest BCUT2D eigenvalue weighted by molar-refractivity contribution is -0.384. The summed E-state index contributed by atoms with van der Waals surface area (Å²) in [5, 5.41) is 16.1. The van der Waals surface area contributed by atoms with Gasteiger partial charge in [0.1, 0.15) is 10.8 Å². The summed E-state index contributed by atoms with van der Waals surface area (Å²) in [7, 11) is 1.63. The highest BCUT2D eigenvalue weighted by Crippen LogP contribution is 2.30. The monoisotopic (exact) mass is 352 g/mol. The van der Waals surface area contributed by atoms with Gasteiger partial charge in [0.15, 0.2) is 0 Å². The molecule has 7 nitrogen and oxygen atoms in total. The zero-order valence-corrected chi connectivity index (χ0v) is 13.9. The molecule has 2 aromatic heterocycles. The molecule has 0 saturated heterocycles. The topological polar surface area (TPSA) is 82.6 Å². The van der Waals surface area contributed by atoms with Crippen molar-refractivity contribution >= 4 is 22.0 Å². The second kappa shape index (κ2) is 5.99.